The summed E-state index contributed by atoms with van der Waals surface area (Å²) in [7, 11) is 1.47. The predicted molar refractivity (Wildman–Crippen MR) is 73.0 cm³/mol. The third-order valence-corrected chi connectivity index (χ3v) is 3.25. The molecule has 0 fully saturated rings. The molecular formula is C12H13BrClNO3. The highest BCUT2D eigenvalue weighted by Gasteiger charge is 2.25. The molecule has 1 aromatic carbocycles. The number of likely N-dealkylation sites (N-methyl/N-ethyl adjacent to an activating group) is 1. The van der Waals surface area contributed by atoms with Gasteiger partial charge in [-0.05, 0) is 24.6 Å². The fourth-order valence-electron chi connectivity index (χ4n) is 1.64. The summed E-state index contributed by atoms with van der Waals surface area (Å²) in [5.41, 5.74) is 0.358. The topological polar surface area (TPSA) is 57.6 Å². The zero-order chi connectivity index (χ0) is 13.9. The van der Waals surface area contributed by atoms with Gasteiger partial charge in [0.15, 0.2) is 0 Å². The molecule has 1 rings (SSSR count). The molecule has 0 aliphatic heterocycles. The number of hydrogen-bond donors (Lipinski definition) is 1. The van der Waals surface area contributed by atoms with Crippen LogP contribution in [0.2, 0.25) is 5.02 Å². The second-order valence-electron chi connectivity index (χ2n) is 3.84. The summed E-state index contributed by atoms with van der Waals surface area (Å²) < 4.78 is 0.676. The van der Waals surface area contributed by atoms with E-state index < -0.39 is 12.0 Å². The van der Waals surface area contributed by atoms with Crippen molar-refractivity contribution in [2.75, 3.05) is 7.05 Å². The molecule has 1 atom stereocenters. The SMILES string of the molecule is CCC(C(=O)O)N(C)C(=O)c1cc(Cl)cc(Br)c1. The Labute approximate surface area is 119 Å². The van der Waals surface area contributed by atoms with E-state index in [1.54, 1.807) is 19.1 Å². The van der Waals surface area contributed by atoms with Crippen LogP contribution in [-0.4, -0.2) is 35.0 Å². The molecule has 0 aliphatic carbocycles. The Hall–Kier alpha value is -1.07. The van der Waals surface area contributed by atoms with E-state index in [4.69, 9.17) is 16.7 Å². The number of hydrogen-bond acceptors (Lipinski definition) is 2. The van der Waals surface area contributed by atoms with Gasteiger partial charge >= 0.3 is 5.97 Å². The molecule has 0 bridgehead atoms. The van der Waals surface area contributed by atoms with Gasteiger partial charge in [-0.1, -0.05) is 34.5 Å². The van der Waals surface area contributed by atoms with Gasteiger partial charge in [0.25, 0.3) is 5.91 Å². The molecular weight excluding hydrogens is 321 g/mol. The van der Waals surface area contributed by atoms with Crippen LogP contribution in [0.25, 0.3) is 0 Å². The van der Waals surface area contributed by atoms with Gasteiger partial charge in [-0.3, -0.25) is 4.79 Å². The lowest BCUT2D eigenvalue weighted by Gasteiger charge is -2.23. The lowest BCUT2D eigenvalue weighted by molar-refractivity contribution is -0.142. The van der Waals surface area contributed by atoms with Gasteiger partial charge in [0.2, 0.25) is 0 Å². The molecule has 6 heteroatoms. The minimum atomic E-state index is -1.02. The number of rotatable bonds is 4. The molecule has 98 valence electrons. The van der Waals surface area contributed by atoms with Crippen molar-refractivity contribution in [2.45, 2.75) is 19.4 Å². The van der Waals surface area contributed by atoms with Gasteiger partial charge in [0, 0.05) is 22.1 Å². The quantitative estimate of drug-likeness (QED) is 0.921. The van der Waals surface area contributed by atoms with Crippen molar-refractivity contribution >= 4 is 39.4 Å². The van der Waals surface area contributed by atoms with Crippen LogP contribution in [0, 0.1) is 0 Å². The van der Waals surface area contributed by atoms with E-state index >= 15 is 0 Å². The van der Waals surface area contributed by atoms with Crippen molar-refractivity contribution in [2.24, 2.45) is 0 Å². The number of carboxylic acids is 1. The highest BCUT2D eigenvalue weighted by atomic mass is 79.9. The summed E-state index contributed by atoms with van der Waals surface area (Å²) in [6.45, 7) is 1.72. The summed E-state index contributed by atoms with van der Waals surface area (Å²) in [5, 5.41) is 9.44. The first kappa shape index (κ1) is 15.0. The van der Waals surface area contributed by atoms with Gasteiger partial charge in [0.05, 0.1) is 0 Å². The standard InChI is InChI=1S/C12H13BrClNO3/c1-3-10(12(17)18)15(2)11(16)7-4-8(13)6-9(14)5-7/h4-6,10H,3H2,1-2H3,(H,17,18). The largest absolute Gasteiger partial charge is 0.480 e. The maximum atomic E-state index is 12.1. The monoisotopic (exact) mass is 333 g/mol. The number of carbonyl (C=O) groups excluding carboxylic acids is 1. The zero-order valence-corrected chi connectivity index (χ0v) is 12.3. The normalized spacial score (nSPS) is 12.0. The Balaban J connectivity index is 3.02. The predicted octanol–water partition coefficient (Wildman–Crippen LogP) is 3.04. The summed E-state index contributed by atoms with van der Waals surface area (Å²) in [5.74, 6) is -1.39. The van der Waals surface area contributed by atoms with Crippen LogP contribution in [0.3, 0.4) is 0 Å². The Morgan fingerprint density at radius 3 is 2.50 bits per heavy atom. The fraction of sp³-hybridized carbons (Fsp3) is 0.333. The molecule has 0 aromatic heterocycles. The van der Waals surface area contributed by atoms with E-state index in [1.165, 1.54) is 18.0 Å². The smallest absolute Gasteiger partial charge is 0.326 e. The van der Waals surface area contributed by atoms with Crippen LogP contribution in [0.4, 0.5) is 0 Å². The average Bonchev–Trinajstić information content (AvgIpc) is 2.26. The molecule has 0 radical (unpaired) electrons. The van der Waals surface area contributed by atoms with Crippen molar-refractivity contribution < 1.29 is 14.7 Å². The van der Waals surface area contributed by atoms with Crippen molar-refractivity contribution in [1.29, 1.82) is 0 Å². The Bertz CT molecular complexity index is 458. The molecule has 0 saturated carbocycles. The molecule has 1 aromatic rings. The molecule has 0 saturated heterocycles. The van der Waals surface area contributed by atoms with E-state index in [0.29, 0.717) is 21.5 Å². The second-order valence-corrected chi connectivity index (χ2v) is 5.19. The number of carbonyl (C=O) groups is 2. The van der Waals surface area contributed by atoms with Crippen LogP contribution in [0.1, 0.15) is 23.7 Å². The van der Waals surface area contributed by atoms with E-state index in [0.717, 1.165) is 0 Å². The summed E-state index contributed by atoms with van der Waals surface area (Å²) in [6, 6.07) is 3.95. The van der Waals surface area contributed by atoms with Crippen LogP contribution in [0.15, 0.2) is 22.7 Å². The van der Waals surface area contributed by atoms with Gasteiger partial charge in [-0.15, -0.1) is 0 Å². The minimum Gasteiger partial charge on any atom is -0.480 e. The number of amides is 1. The number of carboxylic acid groups (broad SMARTS) is 1. The van der Waals surface area contributed by atoms with E-state index in [1.807, 2.05) is 0 Å². The van der Waals surface area contributed by atoms with Crippen molar-refractivity contribution in [3.05, 3.63) is 33.3 Å². The van der Waals surface area contributed by atoms with Crippen LogP contribution < -0.4 is 0 Å². The van der Waals surface area contributed by atoms with E-state index in [-0.39, 0.29) is 5.91 Å². The van der Waals surface area contributed by atoms with Gasteiger partial charge < -0.3 is 10.0 Å². The van der Waals surface area contributed by atoms with Gasteiger partial charge in [-0.25, -0.2) is 4.79 Å². The summed E-state index contributed by atoms with van der Waals surface area (Å²) >= 11 is 9.10. The first-order chi connectivity index (χ1) is 8.36. The number of halogens is 2. The molecule has 0 spiro atoms. The fourth-order valence-corrected chi connectivity index (χ4v) is 2.50. The van der Waals surface area contributed by atoms with E-state index in [9.17, 15) is 9.59 Å². The molecule has 1 amide bonds. The average molecular weight is 335 g/mol. The lowest BCUT2D eigenvalue weighted by Crippen LogP contribution is -2.41. The van der Waals surface area contributed by atoms with Crippen molar-refractivity contribution in [3.8, 4) is 0 Å². The highest BCUT2D eigenvalue weighted by Crippen LogP contribution is 2.21. The maximum Gasteiger partial charge on any atom is 0.326 e. The number of aliphatic carboxylic acids is 1. The molecule has 0 aliphatic rings. The highest BCUT2D eigenvalue weighted by molar-refractivity contribution is 9.10. The lowest BCUT2D eigenvalue weighted by atomic mass is 10.1. The maximum absolute atomic E-state index is 12.1. The van der Waals surface area contributed by atoms with E-state index in [2.05, 4.69) is 15.9 Å². The van der Waals surface area contributed by atoms with Crippen LogP contribution >= 0.6 is 27.5 Å². The third kappa shape index (κ3) is 3.46. The molecule has 1 N–H and O–H groups in total. The summed E-state index contributed by atoms with van der Waals surface area (Å²) in [6.07, 6.45) is 0.347. The van der Waals surface area contributed by atoms with Crippen LogP contribution in [0.5, 0.6) is 0 Å². The Morgan fingerprint density at radius 1 is 1.44 bits per heavy atom. The molecule has 18 heavy (non-hydrogen) atoms. The zero-order valence-electron chi connectivity index (χ0n) is 9.98. The van der Waals surface area contributed by atoms with Gasteiger partial charge in [-0.2, -0.15) is 0 Å². The molecule has 0 heterocycles. The molecule has 4 nitrogen and oxygen atoms in total. The Kier molecular flexibility index (Phi) is 5.16. The molecule has 1 unspecified atom stereocenters. The minimum absolute atomic E-state index is 0.347. The second kappa shape index (κ2) is 6.20. The summed E-state index contributed by atoms with van der Waals surface area (Å²) in [4.78, 5) is 24.4. The van der Waals surface area contributed by atoms with Gasteiger partial charge in [0.1, 0.15) is 6.04 Å². The van der Waals surface area contributed by atoms with Crippen molar-refractivity contribution in [1.82, 2.24) is 4.90 Å². The number of benzene rings is 1. The van der Waals surface area contributed by atoms with Crippen molar-refractivity contribution in [3.63, 3.8) is 0 Å². The first-order valence-corrected chi connectivity index (χ1v) is 6.50. The third-order valence-electron chi connectivity index (χ3n) is 2.57. The Morgan fingerprint density at radius 2 is 2.06 bits per heavy atom. The van der Waals surface area contributed by atoms with Crippen LogP contribution in [-0.2, 0) is 4.79 Å². The first-order valence-electron chi connectivity index (χ1n) is 5.32. The number of nitrogens with zero attached hydrogens (tertiary/aromatic N) is 1.